The Labute approximate surface area is 201 Å². The Morgan fingerprint density at radius 3 is 2.31 bits per heavy atom. The average Bonchev–Trinajstić information content (AvgIpc) is 2.74. The van der Waals surface area contributed by atoms with Gasteiger partial charge in [0.2, 0.25) is 5.91 Å². The molecular formula is C25H32Cl2N2O3. The Morgan fingerprint density at radius 2 is 1.72 bits per heavy atom. The third-order valence-electron chi connectivity index (χ3n) is 5.67. The lowest BCUT2D eigenvalue weighted by molar-refractivity contribution is -0.142. The summed E-state index contributed by atoms with van der Waals surface area (Å²) in [5.41, 5.74) is 3.71. The normalized spacial score (nSPS) is 12.8. The van der Waals surface area contributed by atoms with Gasteiger partial charge < -0.3 is 15.0 Å². The zero-order chi connectivity index (χ0) is 24.0. The van der Waals surface area contributed by atoms with Crippen LogP contribution >= 0.6 is 23.2 Å². The molecule has 0 aromatic heterocycles. The molecule has 7 heteroatoms. The van der Waals surface area contributed by atoms with E-state index in [9.17, 15) is 9.59 Å². The van der Waals surface area contributed by atoms with Crippen LogP contribution in [0.15, 0.2) is 30.3 Å². The molecule has 2 aromatic carbocycles. The number of hydrogen-bond acceptors (Lipinski definition) is 3. The molecule has 2 rings (SSSR count). The number of rotatable bonds is 9. The van der Waals surface area contributed by atoms with Gasteiger partial charge in [0.05, 0.1) is 0 Å². The maximum absolute atomic E-state index is 13.3. The Balaban J connectivity index is 2.28. The molecule has 0 aliphatic rings. The van der Waals surface area contributed by atoms with Crippen molar-refractivity contribution < 1.29 is 14.3 Å². The van der Waals surface area contributed by atoms with Gasteiger partial charge in [0, 0.05) is 28.2 Å². The summed E-state index contributed by atoms with van der Waals surface area (Å²) in [5, 5.41) is 3.82. The van der Waals surface area contributed by atoms with Crippen LogP contribution in [0.25, 0.3) is 0 Å². The molecule has 5 nitrogen and oxygen atoms in total. The maximum Gasteiger partial charge on any atom is 0.261 e. The molecule has 0 fully saturated rings. The highest BCUT2D eigenvalue weighted by Crippen LogP contribution is 2.27. The first-order valence-corrected chi connectivity index (χ1v) is 11.5. The first-order valence-electron chi connectivity index (χ1n) is 10.8. The van der Waals surface area contributed by atoms with E-state index in [4.69, 9.17) is 27.9 Å². The van der Waals surface area contributed by atoms with E-state index in [-0.39, 0.29) is 31.0 Å². The summed E-state index contributed by atoms with van der Waals surface area (Å²) >= 11 is 12.7. The molecule has 0 aliphatic heterocycles. The van der Waals surface area contributed by atoms with E-state index in [0.717, 1.165) is 23.1 Å². The molecule has 0 saturated heterocycles. The van der Waals surface area contributed by atoms with Crippen molar-refractivity contribution in [3.05, 3.63) is 62.6 Å². The van der Waals surface area contributed by atoms with Crippen molar-refractivity contribution >= 4 is 35.0 Å². The van der Waals surface area contributed by atoms with Crippen LogP contribution in [-0.4, -0.2) is 35.4 Å². The molecule has 0 aliphatic carbocycles. The lowest BCUT2D eigenvalue weighted by atomic mass is 10.1. The van der Waals surface area contributed by atoms with Crippen molar-refractivity contribution in [2.75, 3.05) is 6.61 Å². The molecule has 2 atom stereocenters. The minimum Gasteiger partial charge on any atom is -0.483 e. The number of hydrogen-bond donors (Lipinski definition) is 1. The van der Waals surface area contributed by atoms with Gasteiger partial charge in [0.25, 0.3) is 5.91 Å². The number of carbonyl (C=O) groups excluding carboxylic acids is 2. The van der Waals surface area contributed by atoms with Crippen molar-refractivity contribution in [2.45, 2.75) is 66.6 Å². The fourth-order valence-corrected chi connectivity index (χ4v) is 3.79. The Kier molecular flexibility index (Phi) is 9.41. The fraction of sp³-hybridized carbons (Fsp3) is 0.440. The highest BCUT2D eigenvalue weighted by atomic mass is 35.5. The summed E-state index contributed by atoms with van der Waals surface area (Å²) in [6.07, 6.45) is 0.790. The van der Waals surface area contributed by atoms with Gasteiger partial charge in [0.1, 0.15) is 11.8 Å². The fourth-order valence-electron chi connectivity index (χ4n) is 3.27. The van der Waals surface area contributed by atoms with Gasteiger partial charge in [-0.1, -0.05) is 42.3 Å². The minimum absolute atomic E-state index is 0.0000259. The van der Waals surface area contributed by atoms with E-state index in [1.165, 1.54) is 4.90 Å². The number of aryl methyl sites for hydroxylation is 2. The standard InChI is InChI=1S/C25H32Cl2N2O3/c1-7-17(4)28-25(31)19(6)29(13-20-21(26)9-8-10-22(20)27)24(30)14-32-23-12-15(2)11-16(3)18(23)5/h8-12,17,19H,7,13-14H2,1-6H3,(H,28,31)/t17-,19+/m0/s1. The SMILES string of the molecule is CC[C@H](C)NC(=O)[C@@H](C)N(Cc1c(Cl)cccc1Cl)C(=O)COc1cc(C)cc(C)c1C. The lowest BCUT2D eigenvalue weighted by Gasteiger charge is -2.30. The molecule has 2 amide bonds. The summed E-state index contributed by atoms with van der Waals surface area (Å²) in [4.78, 5) is 27.5. The van der Waals surface area contributed by atoms with Crippen LogP contribution in [0.3, 0.4) is 0 Å². The van der Waals surface area contributed by atoms with Crippen LogP contribution in [-0.2, 0) is 16.1 Å². The molecular weight excluding hydrogens is 447 g/mol. The highest BCUT2D eigenvalue weighted by Gasteiger charge is 2.28. The number of amides is 2. The summed E-state index contributed by atoms with van der Waals surface area (Å²) < 4.78 is 5.88. The number of ether oxygens (including phenoxy) is 1. The van der Waals surface area contributed by atoms with E-state index < -0.39 is 6.04 Å². The molecule has 2 aromatic rings. The third kappa shape index (κ3) is 6.63. The molecule has 32 heavy (non-hydrogen) atoms. The van der Waals surface area contributed by atoms with Crippen molar-refractivity contribution in [3.8, 4) is 5.75 Å². The van der Waals surface area contributed by atoms with E-state index in [1.807, 2.05) is 40.7 Å². The second-order valence-corrected chi connectivity index (χ2v) is 9.02. The molecule has 0 bridgehead atoms. The second-order valence-electron chi connectivity index (χ2n) is 8.21. The summed E-state index contributed by atoms with van der Waals surface area (Å²) in [6.45, 7) is 11.4. The van der Waals surface area contributed by atoms with Crippen molar-refractivity contribution in [1.29, 1.82) is 0 Å². The predicted octanol–water partition coefficient (Wildman–Crippen LogP) is 5.63. The number of nitrogens with zero attached hydrogens (tertiary/aromatic N) is 1. The molecule has 0 unspecified atom stereocenters. The quantitative estimate of drug-likeness (QED) is 0.507. The lowest BCUT2D eigenvalue weighted by Crippen LogP contribution is -2.50. The molecule has 1 N–H and O–H groups in total. The minimum atomic E-state index is -0.729. The highest BCUT2D eigenvalue weighted by molar-refractivity contribution is 6.36. The first kappa shape index (κ1) is 26.0. The van der Waals surface area contributed by atoms with Gasteiger partial charge in [0.15, 0.2) is 6.61 Å². The number of benzene rings is 2. The van der Waals surface area contributed by atoms with Gasteiger partial charge in [-0.05, 0) is 75.9 Å². The second kappa shape index (κ2) is 11.6. The molecule has 0 spiro atoms. The van der Waals surface area contributed by atoms with Crippen LogP contribution in [0.2, 0.25) is 10.0 Å². The van der Waals surface area contributed by atoms with Gasteiger partial charge in [-0.15, -0.1) is 0 Å². The topological polar surface area (TPSA) is 58.6 Å². The average molecular weight is 479 g/mol. The molecule has 0 saturated carbocycles. The summed E-state index contributed by atoms with van der Waals surface area (Å²) in [5.74, 6) is 0.0908. The van der Waals surface area contributed by atoms with Gasteiger partial charge in [-0.25, -0.2) is 0 Å². The van der Waals surface area contributed by atoms with Gasteiger partial charge in [-0.2, -0.15) is 0 Å². The van der Waals surface area contributed by atoms with Gasteiger partial charge >= 0.3 is 0 Å². The third-order valence-corrected chi connectivity index (χ3v) is 6.38. The van der Waals surface area contributed by atoms with Crippen LogP contribution in [0, 0.1) is 20.8 Å². The van der Waals surface area contributed by atoms with Crippen LogP contribution in [0.4, 0.5) is 0 Å². The summed E-state index contributed by atoms with van der Waals surface area (Å²) in [7, 11) is 0. The van der Waals surface area contributed by atoms with E-state index >= 15 is 0 Å². The molecule has 0 radical (unpaired) electrons. The van der Waals surface area contributed by atoms with Crippen molar-refractivity contribution in [2.24, 2.45) is 0 Å². The molecule has 0 heterocycles. The summed E-state index contributed by atoms with van der Waals surface area (Å²) in [6, 6.07) is 8.41. The van der Waals surface area contributed by atoms with Crippen LogP contribution in [0.5, 0.6) is 5.75 Å². The van der Waals surface area contributed by atoms with E-state index in [2.05, 4.69) is 11.4 Å². The Bertz CT molecular complexity index is 958. The smallest absolute Gasteiger partial charge is 0.261 e. The van der Waals surface area contributed by atoms with Gasteiger partial charge in [-0.3, -0.25) is 9.59 Å². The largest absolute Gasteiger partial charge is 0.483 e. The van der Waals surface area contributed by atoms with E-state index in [0.29, 0.717) is 21.4 Å². The van der Waals surface area contributed by atoms with Crippen LogP contribution < -0.4 is 10.1 Å². The predicted molar refractivity (Wildman–Crippen MR) is 131 cm³/mol. The van der Waals surface area contributed by atoms with Crippen LogP contribution in [0.1, 0.15) is 49.4 Å². The zero-order valence-electron chi connectivity index (χ0n) is 19.6. The Morgan fingerprint density at radius 1 is 1.09 bits per heavy atom. The monoisotopic (exact) mass is 478 g/mol. The zero-order valence-corrected chi connectivity index (χ0v) is 21.1. The van der Waals surface area contributed by atoms with E-state index in [1.54, 1.807) is 25.1 Å². The Hall–Kier alpha value is -2.24. The number of halogens is 2. The maximum atomic E-state index is 13.3. The molecule has 174 valence electrons. The van der Waals surface area contributed by atoms with Crippen molar-refractivity contribution in [1.82, 2.24) is 10.2 Å². The van der Waals surface area contributed by atoms with Crippen molar-refractivity contribution in [3.63, 3.8) is 0 Å². The number of carbonyl (C=O) groups is 2. The number of nitrogens with one attached hydrogen (secondary N) is 1. The first-order chi connectivity index (χ1) is 15.0.